The second-order valence-corrected chi connectivity index (χ2v) is 5.57. The molecule has 1 rings (SSSR count). The Bertz CT molecular complexity index is 498. The summed E-state index contributed by atoms with van der Waals surface area (Å²) in [6, 6.07) is 4.80. The van der Waals surface area contributed by atoms with Crippen molar-refractivity contribution in [3.8, 4) is 0 Å². The molecular weight excluding hydrogens is 256 g/mol. The monoisotopic (exact) mass is 278 g/mol. The van der Waals surface area contributed by atoms with Crippen LogP contribution in [0.1, 0.15) is 49.5 Å². The van der Waals surface area contributed by atoms with E-state index in [0.29, 0.717) is 11.5 Å². The molecule has 0 saturated carbocycles. The molecule has 1 aromatic carbocycles. The minimum Gasteiger partial charge on any atom is -0.349 e. The molecule has 0 aliphatic heterocycles. The molecule has 0 fully saturated rings. The summed E-state index contributed by atoms with van der Waals surface area (Å²) in [5.41, 5.74) is 0.518. The summed E-state index contributed by atoms with van der Waals surface area (Å²) in [5, 5.41) is 13.9. The molecule has 0 saturated heterocycles. The van der Waals surface area contributed by atoms with Crippen molar-refractivity contribution in [2.45, 2.75) is 46.6 Å². The molecule has 0 aliphatic carbocycles. The van der Waals surface area contributed by atoms with Crippen LogP contribution in [0.15, 0.2) is 18.2 Å². The Hall–Kier alpha value is -1.91. The molecule has 1 aromatic rings. The first-order valence-corrected chi connectivity index (χ1v) is 6.87. The number of aryl methyl sites for hydroxylation is 1. The average Bonchev–Trinajstić information content (AvgIpc) is 2.35. The van der Waals surface area contributed by atoms with Crippen molar-refractivity contribution in [3.63, 3.8) is 0 Å². The van der Waals surface area contributed by atoms with Crippen LogP contribution in [0.3, 0.4) is 0 Å². The molecule has 0 aliphatic rings. The van der Waals surface area contributed by atoms with Gasteiger partial charge < -0.3 is 5.32 Å². The number of nitrogens with one attached hydrogen (secondary N) is 1. The average molecular weight is 278 g/mol. The third-order valence-electron chi connectivity index (χ3n) is 3.22. The van der Waals surface area contributed by atoms with E-state index in [1.165, 1.54) is 6.07 Å². The fraction of sp³-hybridized carbons (Fsp3) is 0.533. The molecule has 5 heteroatoms. The van der Waals surface area contributed by atoms with Crippen molar-refractivity contribution in [1.29, 1.82) is 0 Å². The molecule has 0 aromatic heterocycles. The van der Waals surface area contributed by atoms with Gasteiger partial charge in [-0.2, -0.15) is 0 Å². The summed E-state index contributed by atoms with van der Waals surface area (Å²) in [6.07, 6.45) is 1.88. The maximum absolute atomic E-state index is 12.2. The number of carbonyl (C=O) groups excluding carboxylic acids is 1. The smallest absolute Gasteiger partial charge is 0.285 e. The van der Waals surface area contributed by atoms with E-state index in [0.717, 1.165) is 12.8 Å². The third-order valence-corrected chi connectivity index (χ3v) is 3.22. The van der Waals surface area contributed by atoms with Crippen LogP contribution in [0.25, 0.3) is 0 Å². The van der Waals surface area contributed by atoms with Crippen LogP contribution in [0, 0.1) is 23.0 Å². The normalized spacial score (nSPS) is 12.2. The maximum Gasteiger partial charge on any atom is 0.285 e. The van der Waals surface area contributed by atoms with Gasteiger partial charge in [0.05, 0.1) is 4.92 Å². The van der Waals surface area contributed by atoms with E-state index in [1.54, 1.807) is 19.1 Å². The number of carbonyl (C=O) groups is 1. The predicted molar refractivity (Wildman–Crippen MR) is 78.8 cm³/mol. The highest BCUT2D eigenvalue weighted by molar-refractivity contribution is 5.98. The van der Waals surface area contributed by atoms with Gasteiger partial charge in [-0.3, -0.25) is 14.9 Å². The topological polar surface area (TPSA) is 72.2 Å². The van der Waals surface area contributed by atoms with Crippen LogP contribution in [-0.4, -0.2) is 16.9 Å². The van der Waals surface area contributed by atoms with Gasteiger partial charge in [0.1, 0.15) is 5.56 Å². The van der Waals surface area contributed by atoms with Crippen LogP contribution in [0.5, 0.6) is 0 Å². The van der Waals surface area contributed by atoms with Crippen molar-refractivity contribution in [2.75, 3.05) is 0 Å². The van der Waals surface area contributed by atoms with Crippen LogP contribution >= 0.6 is 0 Å². The predicted octanol–water partition coefficient (Wildman–Crippen LogP) is 3.46. The van der Waals surface area contributed by atoms with Gasteiger partial charge in [0.2, 0.25) is 0 Å². The Labute approximate surface area is 119 Å². The molecule has 0 bridgehead atoms. The van der Waals surface area contributed by atoms with E-state index < -0.39 is 4.92 Å². The van der Waals surface area contributed by atoms with Gasteiger partial charge in [-0.25, -0.2) is 0 Å². The lowest BCUT2D eigenvalue weighted by Crippen LogP contribution is -2.33. The zero-order valence-electron chi connectivity index (χ0n) is 12.5. The lowest BCUT2D eigenvalue weighted by atomic mass is 10.0. The number of nitro benzene ring substituents is 1. The van der Waals surface area contributed by atoms with Crippen molar-refractivity contribution < 1.29 is 9.72 Å². The summed E-state index contributed by atoms with van der Waals surface area (Å²) in [5.74, 6) is 0.194. The van der Waals surface area contributed by atoms with E-state index in [4.69, 9.17) is 0 Å². The van der Waals surface area contributed by atoms with Crippen molar-refractivity contribution in [2.24, 2.45) is 5.92 Å². The van der Waals surface area contributed by atoms with E-state index in [-0.39, 0.29) is 23.2 Å². The molecule has 20 heavy (non-hydrogen) atoms. The van der Waals surface area contributed by atoms with Gasteiger partial charge in [0.15, 0.2) is 0 Å². The molecule has 1 unspecified atom stereocenters. The molecule has 1 amide bonds. The zero-order chi connectivity index (χ0) is 15.3. The molecule has 0 spiro atoms. The van der Waals surface area contributed by atoms with E-state index in [2.05, 4.69) is 19.2 Å². The minimum atomic E-state index is -0.497. The maximum atomic E-state index is 12.2. The highest BCUT2D eigenvalue weighted by atomic mass is 16.6. The fourth-order valence-corrected chi connectivity index (χ4v) is 2.04. The molecule has 0 radical (unpaired) electrons. The lowest BCUT2D eigenvalue weighted by molar-refractivity contribution is -0.385. The molecule has 110 valence electrons. The number of hydrogen-bond acceptors (Lipinski definition) is 3. The van der Waals surface area contributed by atoms with E-state index >= 15 is 0 Å². The number of hydrogen-bond donors (Lipinski definition) is 1. The Morgan fingerprint density at radius 2 is 1.95 bits per heavy atom. The number of rotatable bonds is 6. The number of nitrogens with zero attached hydrogens (tertiary/aromatic N) is 1. The van der Waals surface area contributed by atoms with Gasteiger partial charge in [-0.1, -0.05) is 26.0 Å². The summed E-state index contributed by atoms with van der Waals surface area (Å²) in [6.45, 7) is 7.80. The Morgan fingerprint density at radius 1 is 1.30 bits per heavy atom. The standard InChI is InChI=1S/C15H22N2O3/c1-10(2)8-9-12(4)16-15(18)13-7-5-6-11(3)14(13)17(19)20/h5-7,10,12H,8-9H2,1-4H3,(H,16,18). The number of para-hydroxylation sites is 1. The lowest BCUT2D eigenvalue weighted by Gasteiger charge is -2.15. The van der Waals surface area contributed by atoms with Crippen LogP contribution < -0.4 is 5.32 Å². The highest BCUT2D eigenvalue weighted by Crippen LogP contribution is 2.23. The van der Waals surface area contributed by atoms with Crippen LogP contribution in [-0.2, 0) is 0 Å². The Morgan fingerprint density at radius 3 is 2.50 bits per heavy atom. The molecular formula is C15H22N2O3. The first-order valence-electron chi connectivity index (χ1n) is 6.87. The molecule has 1 N–H and O–H groups in total. The van der Waals surface area contributed by atoms with Crippen LogP contribution in [0.4, 0.5) is 5.69 Å². The minimum absolute atomic E-state index is 0.00464. The summed E-state index contributed by atoms with van der Waals surface area (Å²) in [7, 11) is 0. The van der Waals surface area contributed by atoms with Gasteiger partial charge in [-0.15, -0.1) is 0 Å². The van der Waals surface area contributed by atoms with Gasteiger partial charge in [0.25, 0.3) is 11.6 Å². The largest absolute Gasteiger partial charge is 0.349 e. The highest BCUT2D eigenvalue weighted by Gasteiger charge is 2.23. The van der Waals surface area contributed by atoms with Gasteiger partial charge in [0, 0.05) is 11.6 Å². The molecule has 0 heterocycles. The first kappa shape index (κ1) is 16.1. The number of amides is 1. The number of benzene rings is 1. The number of nitro groups is 1. The van der Waals surface area contributed by atoms with Gasteiger partial charge in [-0.05, 0) is 38.7 Å². The third kappa shape index (κ3) is 4.33. The molecule has 1 atom stereocenters. The quantitative estimate of drug-likeness (QED) is 0.639. The van der Waals surface area contributed by atoms with E-state index in [9.17, 15) is 14.9 Å². The molecule has 5 nitrogen and oxygen atoms in total. The van der Waals surface area contributed by atoms with E-state index in [1.807, 2.05) is 6.92 Å². The SMILES string of the molecule is Cc1cccc(C(=O)NC(C)CCC(C)C)c1[N+](=O)[O-]. The van der Waals surface area contributed by atoms with Crippen LogP contribution in [0.2, 0.25) is 0 Å². The summed E-state index contributed by atoms with van der Waals surface area (Å²) in [4.78, 5) is 22.7. The van der Waals surface area contributed by atoms with Crippen molar-refractivity contribution in [3.05, 3.63) is 39.4 Å². The second kappa shape index (κ2) is 7.03. The van der Waals surface area contributed by atoms with Crippen molar-refractivity contribution in [1.82, 2.24) is 5.32 Å². The second-order valence-electron chi connectivity index (χ2n) is 5.57. The summed E-state index contributed by atoms with van der Waals surface area (Å²) >= 11 is 0. The Balaban J connectivity index is 2.83. The van der Waals surface area contributed by atoms with Crippen molar-refractivity contribution >= 4 is 11.6 Å². The zero-order valence-corrected chi connectivity index (χ0v) is 12.5. The first-order chi connectivity index (χ1) is 9.32. The fourth-order valence-electron chi connectivity index (χ4n) is 2.04. The van der Waals surface area contributed by atoms with Gasteiger partial charge >= 0.3 is 0 Å². The Kier molecular flexibility index (Phi) is 5.67. The summed E-state index contributed by atoms with van der Waals surface area (Å²) < 4.78 is 0.